The summed E-state index contributed by atoms with van der Waals surface area (Å²) in [5, 5.41) is 5.88. The first kappa shape index (κ1) is 17.2. The van der Waals surface area contributed by atoms with E-state index < -0.39 is 0 Å². The molecule has 1 amide bonds. The third kappa shape index (κ3) is 5.54. The van der Waals surface area contributed by atoms with E-state index in [1.807, 2.05) is 29.6 Å². The molecule has 3 nitrogen and oxygen atoms in total. The van der Waals surface area contributed by atoms with E-state index in [1.165, 1.54) is 19.3 Å². The first-order valence-electron chi connectivity index (χ1n) is 7.66. The number of aromatic nitrogens is 1. The van der Waals surface area contributed by atoms with Crippen molar-refractivity contribution in [2.75, 3.05) is 6.54 Å². The van der Waals surface area contributed by atoms with Gasteiger partial charge in [-0.1, -0.05) is 54.2 Å². The van der Waals surface area contributed by atoms with E-state index in [1.54, 1.807) is 11.3 Å². The minimum Gasteiger partial charge on any atom is -0.356 e. The highest BCUT2D eigenvalue weighted by atomic mass is 79.9. The Balaban J connectivity index is 1.83. The Morgan fingerprint density at radius 1 is 1.32 bits per heavy atom. The normalized spacial score (nSPS) is 10.6. The summed E-state index contributed by atoms with van der Waals surface area (Å²) < 4.78 is 1.03. The lowest BCUT2D eigenvalue weighted by Gasteiger charge is -2.03. The maximum absolute atomic E-state index is 11.9. The van der Waals surface area contributed by atoms with Crippen LogP contribution in [0.3, 0.4) is 0 Å². The molecule has 0 spiro atoms. The lowest BCUT2D eigenvalue weighted by Crippen LogP contribution is -2.26. The van der Waals surface area contributed by atoms with Gasteiger partial charge in [0, 0.05) is 22.0 Å². The molecule has 0 fully saturated rings. The smallest absolute Gasteiger partial charge is 0.226 e. The maximum atomic E-state index is 11.9. The summed E-state index contributed by atoms with van der Waals surface area (Å²) in [6.07, 6.45) is 5.04. The lowest BCUT2D eigenvalue weighted by atomic mass is 10.2. The number of hydrogen-bond acceptors (Lipinski definition) is 3. The van der Waals surface area contributed by atoms with Gasteiger partial charge in [-0.2, -0.15) is 0 Å². The molecule has 0 saturated heterocycles. The molecule has 0 unspecified atom stereocenters. The Bertz CT molecular complexity index is 612. The van der Waals surface area contributed by atoms with Gasteiger partial charge >= 0.3 is 0 Å². The molecular formula is C17H21BrN2OS. The number of nitrogens with zero attached hydrogens (tertiary/aromatic N) is 1. The van der Waals surface area contributed by atoms with Gasteiger partial charge in [0.15, 0.2) is 0 Å². The summed E-state index contributed by atoms with van der Waals surface area (Å²) in [6, 6.07) is 8.05. The minimum absolute atomic E-state index is 0.0580. The van der Waals surface area contributed by atoms with Crippen LogP contribution in [-0.4, -0.2) is 17.4 Å². The zero-order chi connectivity index (χ0) is 15.8. The fourth-order valence-electron chi connectivity index (χ4n) is 2.15. The summed E-state index contributed by atoms with van der Waals surface area (Å²) in [6.45, 7) is 2.95. The summed E-state index contributed by atoms with van der Waals surface area (Å²) in [4.78, 5) is 16.4. The van der Waals surface area contributed by atoms with Crippen molar-refractivity contribution >= 4 is 33.2 Å². The standard InChI is InChI=1S/C17H21BrN2OS/c1-2-3-4-5-9-19-16(21)11-15-12-22-17(20-15)13-7-6-8-14(18)10-13/h6-8,10,12H,2-5,9,11H2,1H3,(H,19,21). The molecule has 0 bridgehead atoms. The number of nitrogens with one attached hydrogen (secondary N) is 1. The van der Waals surface area contributed by atoms with Gasteiger partial charge in [0.1, 0.15) is 5.01 Å². The number of rotatable bonds is 8. The Labute approximate surface area is 144 Å². The molecule has 0 aliphatic heterocycles. The van der Waals surface area contributed by atoms with Crippen molar-refractivity contribution in [2.24, 2.45) is 0 Å². The average molecular weight is 381 g/mol. The van der Waals surface area contributed by atoms with Crippen LogP contribution in [0.5, 0.6) is 0 Å². The number of carbonyl (C=O) groups excluding carboxylic acids is 1. The van der Waals surface area contributed by atoms with Crippen LogP contribution in [-0.2, 0) is 11.2 Å². The van der Waals surface area contributed by atoms with Crippen molar-refractivity contribution in [3.63, 3.8) is 0 Å². The first-order valence-corrected chi connectivity index (χ1v) is 9.33. The van der Waals surface area contributed by atoms with Gasteiger partial charge in [-0.3, -0.25) is 4.79 Å². The van der Waals surface area contributed by atoms with Crippen molar-refractivity contribution in [1.82, 2.24) is 10.3 Å². The van der Waals surface area contributed by atoms with Crippen LogP contribution in [0, 0.1) is 0 Å². The van der Waals surface area contributed by atoms with Crippen LogP contribution in [0.4, 0.5) is 0 Å². The number of halogens is 1. The number of hydrogen-bond donors (Lipinski definition) is 1. The van der Waals surface area contributed by atoms with Crippen LogP contribution in [0.2, 0.25) is 0 Å². The second-order valence-corrected chi connectivity index (χ2v) is 7.02. The monoisotopic (exact) mass is 380 g/mol. The highest BCUT2D eigenvalue weighted by Crippen LogP contribution is 2.26. The fraction of sp³-hybridized carbons (Fsp3) is 0.412. The van der Waals surface area contributed by atoms with Gasteiger partial charge in [-0.05, 0) is 18.6 Å². The van der Waals surface area contributed by atoms with Crippen molar-refractivity contribution in [1.29, 1.82) is 0 Å². The van der Waals surface area contributed by atoms with E-state index in [0.717, 1.165) is 33.7 Å². The van der Waals surface area contributed by atoms with Gasteiger partial charge < -0.3 is 5.32 Å². The maximum Gasteiger partial charge on any atom is 0.226 e. The predicted molar refractivity (Wildman–Crippen MR) is 96.1 cm³/mol. The van der Waals surface area contributed by atoms with Crippen molar-refractivity contribution in [3.8, 4) is 10.6 Å². The van der Waals surface area contributed by atoms with Crippen LogP contribution in [0.15, 0.2) is 34.1 Å². The molecule has 1 heterocycles. The Hall–Kier alpha value is -1.20. The van der Waals surface area contributed by atoms with Crippen LogP contribution in [0.1, 0.15) is 38.3 Å². The van der Waals surface area contributed by atoms with E-state index in [4.69, 9.17) is 0 Å². The van der Waals surface area contributed by atoms with Gasteiger partial charge in [0.2, 0.25) is 5.91 Å². The molecule has 2 rings (SSSR count). The summed E-state index contributed by atoms with van der Waals surface area (Å²) in [7, 11) is 0. The molecule has 1 aromatic heterocycles. The highest BCUT2D eigenvalue weighted by molar-refractivity contribution is 9.10. The zero-order valence-corrected chi connectivity index (χ0v) is 15.2. The Morgan fingerprint density at radius 3 is 2.95 bits per heavy atom. The summed E-state index contributed by atoms with van der Waals surface area (Å²) in [5.41, 5.74) is 1.91. The number of carbonyl (C=O) groups is 1. The van der Waals surface area contributed by atoms with Crippen LogP contribution in [0.25, 0.3) is 10.6 Å². The van der Waals surface area contributed by atoms with E-state index >= 15 is 0 Å². The van der Waals surface area contributed by atoms with Crippen molar-refractivity contribution in [3.05, 3.63) is 39.8 Å². The van der Waals surface area contributed by atoms with Crippen molar-refractivity contribution < 1.29 is 4.79 Å². The van der Waals surface area contributed by atoms with Gasteiger partial charge in [-0.15, -0.1) is 11.3 Å². The van der Waals surface area contributed by atoms with E-state index in [-0.39, 0.29) is 5.91 Å². The molecule has 5 heteroatoms. The van der Waals surface area contributed by atoms with Crippen molar-refractivity contribution in [2.45, 2.75) is 39.0 Å². The molecule has 0 aliphatic carbocycles. The first-order chi connectivity index (χ1) is 10.7. The van der Waals surface area contributed by atoms with Crippen LogP contribution >= 0.6 is 27.3 Å². The quantitative estimate of drug-likeness (QED) is 0.667. The topological polar surface area (TPSA) is 42.0 Å². The molecule has 0 atom stereocenters. The fourth-order valence-corrected chi connectivity index (χ4v) is 3.36. The Morgan fingerprint density at radius 2 is 2.18 bits per heavy atom. The van der Waals surface area contributed by atoms with Gasteiger partial charge in [0.05, 0.1) is 12.1 Å². The molecule has 0 aliphatic rings. The molecule has 22 heavy (non-hydrogen) atoms. The molecule has 0 saturated carbocycles. The average Bonchev–Trinajstić information content (AvgIpc) is 2.95. The zero-order valence-electron chi connectivity index (χ0n) is 12.8. The lowest BCUT2D eigenvalue weighted by molar-refractivity contribution is -0.120. The third-order valence-electron chi connectivity index (χ3n) is 3.32. The third-order valence-corrected chi connectivity index (χ3v) is 4.75. The highest BCUT2D eigenvalue weighted by Gasteiger charge is 2.09. The molecule has 1 N–H and O–H groups in total. The second kappa shape index (κ2) is 9.06. The SMILES string of the molecule is CCCCCCNC(=O)Cc1csc(-c2cccc(Br)c2)n1. The second-order valence-electron chi connectivity index (χ2n) is 5.24. The molecule has 2 aromatic rings. The number of unbranched alkanes of at least 4 members (excludes halogenated alkanes) is 3. The summed E-state index contributed by atoms with van der Waals surface area (Å²) >= 11 is 5.04. The number of amides is 1. The largest absolute Gasteiger partial charge is 0.356 e. The van der Waals surface area contributed by atoms with Crippen LogP contribution < -0.4 is 5.32 Å². The molecule has 118 valence electrons. The summed E-state index contributed by atoms with van der Waals surface area (Å²) in [5.74, 6) is 0.0580. The molecule has 0 radical (unpaired) electrons. The molecular weight excluding hydrogens is 360 g/mol. The predicted octanol–water partition coefficient (Wildman–Crippen LogP) is 4.81. The molecule has 1 aromatic carbocycles. The van der Waals surface area contributed by atoms with Gasteiger partial charge in [-0.25, -0.2) is 4.98 Å². The van der Waals surface area contributed by atoms with E-state index in [9.17, 15) is 4.79 Å². The Kier molecular flexibility index (Phi) is 7.06. The van der Waals surface area contributed by atoms with Gasteiger partial charge in [0.25, 0.3) is 0 Å². The van der Waals surface area contributed by atoms with E-state index in [2.05, 4.69) is 33.2 Å². The number of benzene rings is 1. The minimum atomic E-state index is 0.0580. The number of thiazole rings is 1. The van der Waals surface area contributed by atoms with E-state index in [0.29, 0.717) is 6.42 Å².